The Balaban J connectivity index is 2.24. The number of aryl methyl sites for hydroxylation is 1. The van der Waals surface area contributed by atoms with Crippen LogP contribution in [0.2, 0.25) is 0 Å². The Morgan fingerprint density at radius 3 is 2.50 bits per heavy atom. The van der Waals surface area contributed by atoms with Crippen molar-refractivity contribution in [2.24, 2.45) is 0 Å². The summed E-state index contributed by atoms with van der Waals surface area (Å²) < 4.78 is 0. The van der Waals surface area contributed by atoms with E-state index in [4.69, 9.17) is 0 Å². The fourth-order valence-electron chi connectivity index (χ4n) is 2.32. The molecule has 0 N–H and O–H groups in total. The molecule has 98 valence electrons. The van der Waals surface area contributed by atoms with E-state index in [0.717, 1.165) is 43.9 Å². The highest BCUT2D eigenvalue weighted by Crippen LogP contribution is 2.26. The van der Waals surface area contributed by atoms with E-state index in [1.54, 1.807) is 12.1 Å². The highest BCUT2D eigenvalue weighted by Gasteiger charge is 2.18. The first-order valence-electron chi connectivity index (χ1n) is 6.32. The number of benzene rings is 1. The van der Waals surface area contributed by atoms with E-state index in [1.165, 1.54) is 0 Å². The molecule has 1 heterocycles. The van der Waals surface area contributed by atoms with Gasteiger partial charge in [-0.1, -0.05) is 6.92 Å². The lowest BCUT2D eigenvalue weighted by Gasteiger charge is -2.35. The Bertz CT molecular complexity index is 440. The molecule has 1 aromatic carbocycles. The third-order valence-electron chi connectivity index (χ3n) is 3.50. The predicted molar refractivity (Wildman–Crippen MR) is 72.2 cm³/mol. The minimum Gasteiger partial charge on any atom is -0.369 e. The van der Waals surface area contributed by atoms with Crippen LogP contribution in [0, 0.1) is 10.1 Å². The van der Waals surface area contributed by atoms with Crippen LogP contribution < -0.4 is 4.90 Å². The number of hydrogen-bond donors (Lipinski definition) is 0. The van der Waals surface area contributed by atoms with Gasteiger partial charge in [-0.15, -0.1) is 0 Å². The van der Waals surface area contributed by atoms with Crippen molar-refractivity contribution in [1.82, 2.24) is 4.90 Å². The molecular formula is C13H19N3O2. The van der Waals surface area contributed by atoms with Gasteiger partial charge in [-0.3, -0.25) is 10.1 Å². The molecule has 1 aliphatic heterocycles. The van der Waals surface area contributed by atoms with Crippen LogP contribution >= 0.6 is 0 Å². The van der Waals surface area contributed by atoms with E-state index in [9.17, 15) is 10.1 Å². The van der Waals surface area contributed by atoms with Gasteiger partial charge in [0, 0.05) is 44.0 Å². The van der Waals surface area contributed by atoms with Gasteiger partial charge < -0.3 is 9.80 Å². The third-order valence-corrected chi connectivity index (χ3v) is 3.50. The zero-order valence-corrected chi connectivity index (χ0v) is 10.9. The van der Waals surface area contributed by atoms with Crippen LogP contribution in [0.5, 0.6) is 0 Å². The Kier molecular flexibility index (Phi) is 3.81. The summed E-state index contributed by atoms with van der Waals surface area (Å²) in [6.07, 6.45) is 0.823. The maximum atomic E-state index is 10.8. The van der Waals surface area contributed by atoms with E-state index in [0.29, 0.717) is 0 Å². The summed E-state index contributed by atoms with van der Waals surface area (Å²) in [5, 5.41) is 10.8. The standard InChI is InChI=1S/C13H19N3O2/c1-3-11-10-12(16(17)18)4-5-13(11)15-8-6-14(2)7-9-15/h4-5,10H,3,6-9H2,1-2H3. The van der Waals surface area contributed by atoms with Crippen molar-refractivity contribution >= 4 is 11.4 Å². The second-order valence-corrected chi connectivity index (χ2v) is 4.71. The number of likely N-dealkylation sites (N-methyl/N-ethyl adjacent to an activating group) is 1. The Hall–Kier alpha value is -1.62. The molecule has 0 spiro atoms. The fraction of sp³-hybridized carbons (Fsp3) is 0.538. The van der Waals surface area contributed by atoms with Gasteiger partial charge in [0.05, 0.1) is 4.92 Å². The molecular weight excluding hydrogens is 230 g/mol. The second-order valence-electron chi connectivity index (χ2n) is 4.71. The van der Waals surface area contributed by atoms with Crippen LogP contribution in [-0.4, -0.2) is 43.0 Å². The lowest BCUT2D eigenvalue weighted by atomic mass is 10.1. The molecule has 2 rings (SSSR count). The normalized spacial score (nSPS) is 16.9. The molecule has 0 bridgehead atoms. The number of nitro benzene ring substituents is 1. The van der Waals surface area contributed by atoms with Gasteiger partial charge in [-0.25, -0.2) is 0 Å². The van der Waals surface area contributed by atoms with Gasteiger partial charge in [0.15, 0.2) is 0 Å². The number of hydrogen-bond acceptors (Lipinski definition) is 4. The zero-order valence-electron chi connectivity index (χ0n) is 10.9. The first-order chi connectivity index (χ1) is 8.61. The lowest BCUT2D eigenvalue weighted by Crippen LogP contribution is -2.44. The molecule has 5 heteroatoms. The third kappa shape index (κ3) is 2.61. The number of nitrogens with zero attached hydrogens (tertiary/aromatic N) is 3. The van der Waals surface area contributed by atoms with Crippen molar-refractivity contribution in [2.45, 2.75) is 13.3 Å². The summed E-state index contributed by atoms with van der Waals surface area (Å²) >= 11 is 0. The van der Waals surface area contributed by atoms with Crippen LogP contribution in [0.3, 0.4) is 0 Å². The Morgan fingerprint density at radius 1 is 1.28 bits per heavy atom. The van der Waals surface area contributed by atoms with Crippen LogP contribution in [-0.2, 0) is 6.42 Å². The first-order valence-corrected chi connectivity index (χ1v) is 6.32. The highest BCUT2D eigenvalue weighted by atomic mass is 16.6. The monoisotopic (exact) mass is 249 g/mol. The van der Waals surface area contributed by atoms with Gasteiger partial charge in [-0.05, 0) is 25.1 Å². The largest absolute Gasteiger partial charge is 0.369 e. The van der Waals surface area contributed by atoms with Crippen molar-refractivity contribution < 1.29 is 4.92 Å². The molecule has 0 amide bonds. The van der Waals surface area contributed by atoms with Crippen molar-refractivity contribution in [1.29, 1.82) is 0 Å². The van der Waals surface area contributed by atoms with Crippen LogP contribution in [0.4, 0.5) is 11.4 Å². The van der Waals surface area contributed by atoms with Gasteiger partial charge in [-0.2, -0.15) is 0 Å². The Morgan fingerprint density at radius 2 is 1.94 bits per heavy atom. The summed E-state index contributed by atoms with van der Waals surface area (Å²) in [7, 11) is 2.12. The molecule has 0 radical (unpaired) electrons. The molecule has 5 nitrogen and oxygen atoms in total. The molecule has 1 aromatic rings. The van der Waals surface area contributed by atoms with Crippen molar-refractivity contribution in [3.8, 4) is 0 Å². The van der Waals surface area contributed by atoms with Gasteiger partial charge in [0.1, 0.15) is 0 Å². The summed E-state index contributed by atoms with van der Waals surface area (Å²) in [6.45, 7) is 6.10. The molecule has 0 saturated carbocycles. The quantitative estimate of drug-likeness (QED) is 0.606. The SMILES string of the molecule is CCc1cc([N+](=O)[O-])ccc1N1CCN(C)CC1. The summed E-state index contributed by atoms with van der Waals surface area (Å²) in [6, 6.07) is 5.20. The molecule has 0 atom stereocenters. The first kappa shape index (κ1) is 12.8. The summed E-state index contributed by atoms with van der Waals surface area (Å²) in [5.74, 6) is 0. The smallest absolute Gasteiger partial charge is 0.269 e. The molecule has 1 saturated heterocycles. The minimum atomic E-state index is -0.326. The number of non-ortho nitro benzene ring substituents is 1. The molecule has 18 heavy (non-hydrogen) atoms. The maximum Gasteiger partial charge on any atom is 0.269 e. The average molecular weight is 249 g/mol. The van der Waals surface area contributed by atoms with E-state index >= 15 is 0 Å². The van der Waals surface area contributed by atoms with Gasteiger partial charge in [0.2, 0.25) is 0 Å². The van der Waals surface area contributed by atoms with Crippen LogP contribution in [0.1, 0.15) is 12.5 Å². The van der Waals surface area contributed by atoms with Gasteiger partial charge >= 0.3 is 0 Å². The highest BCUT2D eigenvalue weighted by molar-refractivity contribution is 5.58. The van der Waals surface area contributed by atoms with E-state index < -0.39 is 0 Å². The number of piperazine rings is 1. The lowest BCUT2D eigenvalue weighted by molar-refractivity contribution is -0.384. The van der Waals surface area contributed by atoms with Crippen molar-refractivity contribution in [3.05, 3.63) is 33.9 Å². The molecule has 1 aliphatic rings. The second kappa shape index (κ2) is 5.35. The van der Waals surface area contributed by atoms with Crippen LogP contribution in [0.25, 0.3) is 0 Å². The van der Waals surface area contributed by atoms with Crippen molar-refractivity contribution in [2.75, 3.05) is 38.1 Å². The topological polar surface area (TPSA) is 49.6 Å². The van der Waals surface area contributed by atoms with E-state index in [1.807, 2.05) is 13.0 Å². The van der Waals surface area contributed by atoms with Crippen LogP contribution in [0.15, 0.2) is 18.2 Å². The van der Waals surface area contributed by atoms with E-state index in [2.05, 4.69) is 16.8 Å². The molecule has 1 fully saturated rings. The van der Waals surface area contributed by atoms with Gasteiger partial charge in [0.25, 0.3) is 5.69 Å². The van der Waals surface area contributed by atoms with E-state index in [-0.39, 0.29) is 10.6 Å². The van der Waals surface area contributed by atoms with Crippen molar-refractivity contribution in [3.63, 3.8) is 0 Å². The maximum absolute atomic E-state index is 10.8. The summed E-state index contributed by atoms with van der Waals surface area (Å²) in [4.78, 5) is 15.1. The fourth-order valence-corrected chi connectivity index (χ4v) is 2.32. The number of anilines is 1. The number of nitro groups is 1. The molecule has 0 unspecified atom stereocenters. The minimum absolute atomic E-state index is 0.185. The zero-order chi connectivity index (χ0) is 13.1. The Labute approximate surface area is 107 Å². The summed E-state index contributed by atoms with van der Waals surface area (Å²) in [5.41, 5.74) is 2.40. The average Bonchev–Trinajstić information content (AvgIpc) is 2.39. The molecule has 0 aromatic heterocycles. The molecule has 0 aliphatic carbocycles. The predicted octanol–water partition coefficient (Wildman–Crippen LogP) is 1.91. The number of rotatable bonds is 3.